The molecule has 0 aliphatic rings. The van der Waals surface area contributed by atoms with Crippen LogP contribution in [-0.2, 0) is 11.2 Å². The predicted molar refractivity (Wildman–Crippen MR) is 36.9 cm³/mol. The van der Waals surface area contributed by atoms with Gasteiger partial charge in [-0.15, -0.1) is 0 Å². The highest BCUT2D eigenvalue weighted by Gasteiger charge is 2.02. The smallest absolute Gasteiger partial charge is 0.309 e. The average molecular weight is 139 g/mol. The van der Waals surface area contributed by atoms with Gasteiger partial charge in [-0.25, -0.2) is 0 Å². The normalized spacial score (nSPS) is 9.70. The van der Waals surface area contributed by atoms with Gasteiger partial charge in [-0.1, -0.05) is 0 Å². The molecular formula is C7H9NO2. The van der Waals surface area contributed by atoms with E-state index in [0.717, 1.165) is 11.3 Å². The monoisotopic (exact) mass is 139 g/mol. The zero-order chi connectivity index (χ0) is 7.56. The molecule has 0 unspecified atom stereocenters. The Bertz CT molecular complexity index is 240. The molecule has 0 atom stereocenters. The van der Waals surface area contributed by atoms with Crippen LogP contribution in [0.25, 0.3) is 0 Å². The van der Waals surface area contributed by atoms with Crippen molar-refractivity contribution in [2.24, 2.45) is 0 Å². The molecule has 2 N–H and O–H groups in total. The Morgan fingerprint density at radius 2 is 2.50 bits per heavy atom. The molecule has 1 aromatic rings. The van der Waals surface area contributed by atoms with Gasteiger partial charge < -0.3 is 10.1 Å². The number of carbonyl (C=O) groups is 1. The lowest BCUT2D eigenvalue weighted by molar-refractivity contribution is -0.136. The molecule has 3 nitrogen and oxygen atoms in total. The minimum atomic E-state index is -0.800. The van der Waals surface area contributed by atoms with Crippen molar-refractivity contribution in [3.8, 4) is 0 Å². The number of nitrogens with one attached hydrogen (secondary N) is 1. The first-order valence-electron chi connectivity index (χ1n) is 3.05. The Labute approximate surface area is 58.7 Å². The zero-order valence-electron chi connectivity index (χ0n) is 5.72. The van der Waals surface area contributed by atoms with Crippen molar-refractivity contribution in [2.75, 3.05) is 0 Å². The molecule has 1 heterocycles. The van der Waals surface area contributed by atoms with E-state index in [1.807, 2.05) is 13.0 Å². The second-order valence-electron chi connectivity index (χ2n) is 2.21. The van der Waals surface area contributed by atoms with Gasteiger partial charge in [0.1, 0.15) is 0 Å². The summed E-state index contributed by atoms with van der Waals surface area (Å²) in [5.41, 5.74) is 1.79. The van der Waals surface area contributed by atoms with Crippen LogP contribution >= 0.6 is 0 Å². The Kier molecular flexibility index (Phi) is 1.76. The molecule has 0 saturated carbocycles. The maximum Gasteiger partial charge on any atom is 0.309 e. The number of carboxylic acid groups (broad SMARTS) is 1. The van der Waals surface area contributed by atoms with Gasteiger partial charge in [0.05, 0.1) is 6.42 Å². The van der Waals surface area contributed by atoms with E-state index >= 15 is 0 Å². The number of hydrogen-bond donors (Lipinski definition) is 2. The quantitative estimate of drug-likeness (QED) is 0.640. The minimum absolute atomic E-state index is 0.0822. The van der Waals surface area contributed by atoms with Gasteiger partial charge in [-0.05, 0) is 18.6 Å². The van der Waals surface area contributed by atoms with Crippen molar-refractivity contribution >= 4 is 5.97 Å². The third kappa shape index (κ3) is 1.37. The van der Waals surface area contributed by atoms with Crippen molar-refractivity contribution in [1.29, 1.82) is 0 Å². The van der Waals surface area contributed by atoms with Crippen LogP contribution in [0.15, 0.2) is 12.3 Å². The van der Waals surface area contributed by atoms with Crippen LogP contribution < -0.4 is 0 Å². The lowest BCUT2D eigenvalue weighted by Crippen LogP contribution is -2.01. The van der Waals surface area contributed by atoms with E-state index in [2.05, 4.69) is 4.98 Å². The SMILES string of the molecule is Cc1cc[nH]c1CC(=O)O. The Hall–Kier alpha value is -1.25. The fourth-order valence-electron chi connectivity index (χ4n) is 0.823. The van der Waals surface area contributed by atoms with Crippen LogP contribution in [0.5, 0.6) is 0 Å². The number of carboxylic acids is 1. The largest absolute Gasteiger partial charge is 0.481 e. The van der Waals surface area contributed by atoms with Gasteiger partial charge in [0.2, 0.25) is 0 Å². The number of rotatable bonds is 2. The van der Waals surface area contributed by atoms with Gasteiger partial charge in [0.25, 0.3) is 0 Å². The lowest BCUT2D eigenvalue weighted by atomic mass is 10.2. The fourth-order valence-corrected chi connectivity index (χ4v) is 0.823. The molecule has 0 saturated heterocycles. The maximum atomic E-state index is 10.2. The van der Waals surface area contributed by atoms with Gasteiger partial charge >= 0.3 is 5.97 Å². The molecule has 0 aromatic carbocycles. The summed E-state index contributed by atoms with van der Waals surface area (Å²) in [6.45, 7) is 1.88. The number of aliphatic carboxylic acids is 1. The molecule has 54 valence electrons. The molecular weight excluding hydrogens is 130 g/mol. The second kappa shape index (κ2) is 2.56. The Morgan fingerprint density at radius 1 is 1.80 bits per heavy atom. The van der Waals surface area contributed by atoms with Crippen molar-refractivity contribution in [3.63, 3.8) is 0 Å². The van der Waals surface area contributed by atoms with Gasteiger partial charge in [0.15, 0.2) is 0 Å². The third-order valence-corrected chi connectivity index (χ3v) is 1.39. The van der Waals surface area contributed by atoms with Crippen molar-refractivity contribution in [3.05, 3.63) is 23.5 Å². The number of aromatic nitrogens is 1. The molecule has 0 aliphatic carbocycles. The summed E-state index contributed by atoms with van der Waals surface area (Å²) in [5, 5.41) is 8.39. The summed E-state index contributed by atoms with van der Waals surface area (Å²) in [4.78, 5) is 13.1. The molecule has 10 heavy (non-hydrogen) atoms. The van der Waals surface area contributed by atoms with Gasteiger partial charge in [-0.3, -0.25) is 4.79 Å². The first-order chi connectivity index (χ1) is 4.70. The number of aromatic amines is 1. The summed E-state index contributed by atoms with van der Waals surface area (Å²) in [6, 6.07) is 1.86. The standard InChI is InChI=1S/C7H9NO2/c1-5-2-3-8-6(5)4-7(9)10/h2-3,8H,4H2,1H3,(H,9,10). The first kappa shape index (κ1) is 6.86. The van der Waals surface area contributed by atoms with Crippen LogP contribution in [0.2, 0.25) is 0 Å². The van der Waals surface area contributed by atoms with E-state index < -0.39 is 5.97 Å². The van der Waals surface area contributed by atoms with Crippen LogP contribution in [0, 0.1) is 6.92 Å². The van der Waals surface area contributed by atoms with Crippen molar-refractivity contribution in [2.45, 2.75) is 13.3 Å². The van der Waals surface area contributed by atoms with Crippen LogP contribution in [0.1, 0.15) is 11.3 Å². The summed E-state index contributed by atoms with van der Waals surface area (Å²) < 4.78 is 0. The van der Waals surface area contributed by atoms with Crippen LogP contribution in [0.3, 0.4) is 0 Å². The van der Waals surface area contributed by atoms with Crippen molar-refractivity contribution in [1.82, 2.24) is 4.98 Å². The third-order valence-electron chi connectivity index (χ3n) is 1.39. The number of aryl methyl sites for hydroxylation is 1. The van der Waals surface area contributed by atoms with Gasteiger partial charge in [0, 0.05) is 11.9 Å². The summed E-state index contributed by atoms with van der Waals surface area (Å²) >= 11 is 0. The molecule has 0 fully saturated rings. The van der Waals surface area contributed by atoms with E-state index in [0.29, 0.717) is 0 Å². The highest BCUT2D eigenvalue weighted by molar-refractivity contribution is 5.70. The second-order valence-corrected chi connectivity index (χ2v) is 2.21. The van der Waals surface area contributed by atoms with E-state index in [4.69, 9.17) is 5.11 Å². The van der Waals surface area contributed by atoms with Crippen LogP contribution in [0.4, 0.5) is 0 Å². The number of H-pyrrole nitrogens is 1. The minimum Gasteiger partial charge on any atom is -0.481 e. The van der Waals surface area contributed by atoms with Crippen LogP contribution in [-0.4, -0.2) is 16.1 Å². The van der Waals surface area contributed by atoms with Gasteiger partial charge in [-0.2, -0.15) is 0 Å². The predicted octanol–water partition coefficient (Wildman–Crippen LogP) is 0.950. The summed E-state index contributed by atoms with van der Waals surface area (Å²) in [6.07, 6.45) is 1.83. The molecule has 0 bridgehead atoms. The topological polar surface area (TPSA) is 53.1 Å². The molecule has 0 aliphatic heterocycles. The fraction of sp³-hybridized carbons (Fsp3) is 0.286. The van der Waals surface area contributed by atoms with E-state index in [9.17, 15) is 4.79 Å². The average Bonchev–Trinajstić information content (AvgIpc) is 2.15. The Balaban J connectivity index is 2.74. The molecule has 1 aromatic heterocycles. The zero-order valence-corrected chi connectivity index (χ0v) is 5.72. The molecule has 1 rings (SSSR count). The first-order valence-corrected chi connectivity index (χ1v) is 3.05. The Morgan fingerprint density at radius 3 is 2.90 bits per heavy atom. The van der Waals surface area contributed by atoms with E-state index in [1.165, 1.54) is 0 Å². The van der Waals surface area contributed by atoms with E-state index in [-0.39, 0.29) is 6.42 Å². The highest BCUT2D eigenvalue weighted by atomic mass is 16.4. The molecule has 0 spiro atoms. The summed E-state index contributed by atoms with van der Waals surface area (Å²) in [7, 11) is 0. The summed E-state index contributed by atoms with van der Waals surface area (Å²) in [5.74, 6) is -0.800. The van der Waals surface area contributed by atoms with Crippen molar-refractivity contribution < 1.29 is 9.90 Å². The number of hydrogen-bond acceptors (Lipinski definition) is 1. The molecule has 0 amide bonds. The highest BCUT2D eigenvalue weighted by Crippen LogP contribution is 2.04. The maximum absolute atomic E-state index is 10.2. The van der Waals surface area contributed by atoms with E-state index in [1.54, 1.807) is 6.20 Å². The molecule has 3 heteroatoms. The molecule has 0 radical (unpaired) electrons. The lowest BCUT2D eigenvalue weighted by Gasteiger charge is -1.92.